The molecule has 20 heavy (non-hydrogen) atoms. The van der Waals surface area contributed by atoms with E-state index in [2.05, 4.69) is 24.1 Å². The molecule has 0 atom stereocenters. The Labute approximate surface area is 121 Å². The van der Waals surface area contributed by atoms with E-state index in [9.17, 15) is 8.78 Å². The number of nitrogens with one attached hydrogen (secondary N) is 1. The predicted molar refractivity (Wildman–Crippen MR) is 76.7 cm³/mol. The van der Waals surface area contributed by atoms with Crippen LogP contribution in [-0.2, 0) is 6.54 Å². The minimum absolute atomic E-state index is 0.372. The van der Waals surface area contributed by atoms with Gasteiger partial charge in [-0.1, -0.05) is 31.7 Å². The summed E-state index contributed by atoms with van der Waals surface area (Å²) in [5.41, 5.74) is 1.04. The van der Waals surface area contributed by atoms with Crippen molar-refractivity contribution in [1.82, 2.24) is 10.3 Å². The molecule has 0 spiro atoms. The fourth-order valence-electron chi connectivity index (χ4n) is 1.62. The molecule has 5 heteroatoms. The number of hydrogen-bond acceptors (Lipinski definition) is 3. The molecule has 0 saturated heterocycles. The second-order valence-corrected chi connectivity index (χ2v) is 5.74. The lowest BCUT2D eigenvalue weighted by Gasteiger charge is -2.11. The third-order valence-electron chi connectivity index (χ3n) is 2.66. The maximum atomic E-state index is 13.2. The number of rotatable bonds is 5. The molecule has 0 unspecified atom stereocenters. The zero-order chi connectivity index (χ0) is 14.5. The first-order valence-electron chi connectivity index (χ1n) is 6.36. The molecule has 2 aromatic rings. The van der Waals surface area contributed by atoms with Crippen LogP contribution in [0.3, 0.4) is 0 Å². The van der Waals surface area contributed by atoms with Crippen LogP contribution in [0.15, 0.2) is 46.5 Å². The van der Waals surface area contributed by atoms with Gasteiger partial charge in [0.15, 0.2) is 11.6 Å². The van der Waals surface area contributed by atoms with Crippen molar-refractivity contribution in [2.45, 2.75) is 36.4 Å². The summed E-state index contributed by atoms with van der Waals surface area (Å²) in [5, 5.41) is 4.12. The van der Waals surface area contributed by atoms with Crippen LogP contribution in [0.4, 0.5) is 8.78 Å². The van der Waals surface area contributed by atoms with E-state index in [1.165, 1.54) is 17.8 Å². The summed E-state index contributed by atoms with van der Waals surface area (Å²) in [6, 6.07) is 8.09. The van der Waals surface area contributed by atoms with Crippen LogP contribution in [0.2, 0.25) is 0 Å². The van der Waals surface area contributed by atoms with Crippen LogP contribution in [-0.4, -0.2) is 11.0 Å². The molecule has 0 saturated carbocycles. The number of nitrogens with zero attached hydrogens (tertiary/aromatic N) is 1. The van der Waals surface area contributed by atoms with Crippen LogP contribution in [0.25, 0.3) is 0 Å². The molecule has 2 rings (SSSR count). The van der Waals surface area contributed by atoms with E-state index >= 15 is 0 Å². The fraction of sp³-hybridized carbons (Fsp3) is 0.267. The van der Waals surface area contributed by atoms with E-state index in [0.29, 0.717) is 17.5 Å². The fourth-order valence-corrected chi connectivity index (χ4v) is 2.52. The third-order valence-corrected chi connectivity index (χ3v) is 3.71. The van der Waals surface area contributed by atoms with Gasteiger partial charge in [0.25, 0.3) is 0 Å². The van der Waals surface area contributed by atoms with Crippen LogP contribution in [0, 0.1) is 11.6 Å². The molecule has 1 heterocycles. The lowest BCUT2D eigenvalue weighted by atomic mass is 10.2. The van der Waals surface area contributed by atoms with Crippen molar-refractivity contribution < 1.29 is 8.78 Å². The van der Waals surface area contributed by atoms with Crippen molar-refractivity contribution in [2.75, 3.05) is 0 Å². The first-order chi connectivity index (χ1) is 9.56. The number of pyridine rings is 1. The van der Waals surface area contributed by atoms with E-state index in [4.69, 9.17) is 0 Å². The Morgan fingerprint density at radius 2 is 2.00 bits per heavy atom. The Kier molecular flexibility index (Phi) is 5.09. The minimum atomic E-state index is -0.840. The van der Waals surface area contributed by atoms with Gasteiger partial charge < -0.3 is 5.32 Å². The van der Waals surface area contributed by atoms with Crippen molar-refractivity contribution >= 4 is 11.8 Å². The van der Waals surface area contributed by atoms with Crippen molar-refractivity contribution in [1.29, 1.82) is 0 Å². The Morgan fingerprint density at radius 3 is 2.70 bits per heavy atom. The maximum absolute atomic E-state index is 13.2. The molecule has 0 amide bonds. The smallest absolute Gasteiger partial charge is 0.159 e. The molecule has 0 bridgehead atoms. The summed E-state index contributed by atoms with van der Waals surface area (Å²) in [6.07, 6.45) is 1.70. The van der Waals surface area contributed by atoms with E-state index in [1.807, 2.05) is 12.1 Å². The molecule has 0 fully saturated rings. The largest absolute Gasteiger partial charge is 0.310 e. The summed E-state index contributed by atoms with van der Waals surface area (Å²) in [5.74, 6) is -1.68. The summed E-state index contributed by atoms with van der Waals surface area (Å²) < 4.78 is 26.1. The van der Waals surface area contributed by atoms with Gasteiger partial charge in [-0.15, -0.1) is 0 Å². The van der Waals surface area contributed by atoms with Crippen LogP contribution < -0.4 is 5.32 Å². The Morgan fingerprint density at radius 1 is 1.20 bits per heavy atom. The van der Waals surface area contributed by atoms with Gasteiger partial charge in [0.1, 0.15) is 5.03 Å². The highest BCUT2D eigenvalue weighted by Gasteiger charge is 2.08. The molecular formula is C15H16F2N2S. The average molecular weight is 294 g/mol. The number of benzene rings is 1. The van der Waals surface area contributed by atoms with E-state index in [0.717, 1.165) is 16.7 Å². The topological polar surface area (TPSA) is 24.9 Å². The highest BCUT2D eigenvalue weighted by atomic mass is 32.2. The molecule has 2 nitrogen and oxygen atoms in total. The monoisotopic (exact) mass is 294 g/mol. The van der Waals surface area contributed by atoms with Crippen molar-refractivity contribution in [3.8, 4) is 0 Å². The second-order valence-electron chi connectivity index (χ2n) is 4.68. The van der Waals surface area contributed by atoms with Crippen molar-refractivity contribution in [3.63, 3.8) is 0 Å². The summed E-state index contributed by atoms with van der Waals surface area (Å²) in [4.78, 5) is 4.94. The normalized spacial score (nSPS) is 11.1. The van der Waals surface area contributed by atoms with E-state index in [1.54, 1.807) is 12.3 Å². The van der Waals surface area contributed by atoms with Gasteiger partial charge in [0.2, 0.25) is 0 Å². The molecule has 0 radical (unpaired) electrons. The number of halogens is 2. The Hall–Kier alpha value is -1.46. The molecule has 0 aliphatic carbocycles. The van der Waals surface area contributed by atoms with Gasteiger partial charge in [0, 0.05) is 23.7 Å². The number of hydrogen-bond donors (Lipinski definition) is 1. The van der Waals surface area contributed by atoms with E-state index in [-0.39, 0.29) is 0 Å². The minimum Gasteiger partial charge on any atom is -0.310 e. The SMILES string of the molecule is CC(C)NCc1cccnc1Sc1ccc(F)c(F)c1. The molecule has 1 N–H and O–H groups in total. The Balaban J connectivity index is 2.17. The summed E-state index contributed by atoms with van der Waals surface area (Å²) in [6.45, 7) is 4.83. The summed E-state index contributed by atoms with van der Waals surface area (Å²) >= 11 is 1.33. The average Bonchev–Trinajstić information content (AvgIpc) is 2.42. The first kappa shape index (κ1) is 14.9. The van der Waals surface area contributed by atoms with Gasteiger partial charge in [-0.3, -0.25) is 0 Å². The van der Waals surface area contributed by atoms with E-state index < -0.39 is 11.6 Å². The number of aromatic nitrogens is 1. The molecule has 1 aromatic heterocycles. The van der Waals surface area contributed by atoms with Crippen LogP contribution >= 0.6 is 11.8 Å². The summed E-state index contributed by atoms with van der Waals surface area (Å²) in [7, 11) is 0. The standard InChI is InChI=1S/C15H16F2N2S/c1-10(2)19-9-11-4-3-7-18-15(11)20-12-5-6-13(16)14(17)8-12/h3-8,10,19H,9H2,1-2H3. The molecule has 106 valence electrons. The highest BCUT2D eigenvalue weighted by molar-refractivity contribution is 7.99. The van der Waals surface area contributed by atoms with Gasteiger partial charge in [-0.05, 0) is 29.8 Å². The van der Waals surface area contributed by atoms with Crippen molar-refractivity contribution in [2.24, 2.45) is 0 Å². The van der Waals surface area contributed by atoms with Crippen molar-refractivity contribution in [3.05, 3.63) is 53.7 Å². The molecule has 1 aromatic carbocycles. The quantitative estimate of drug-likeness (QED) is 0.902. The highest BCUT2D eigenvalue weighted by Crippen LogP contribution is 2.29. The molecular weight excluding hydrogens is 278 g/mol. The third kappa shape index (κ3) is 4.02. The van der Waals surface area contributed by atoms with Gasteiger partial charge in [0.05, 0.1) is 0 Å². The maximum Gasteiger partial charge on any atom is 0.159 e. The van der Waals surface area contributed by atoms with Crippen LogP contribution in [0.5, 0.6) is 0 Å². The lowest BCUT2D eigenvalue weighted by molar-refractivity contribution is 0.506. The Bertz CT molecular complexity index is 588. The predicted octanol–water partition coefficient (Wildman–Crippen LogP) is 4.01. The van der Waals surface area contributed by atoms with Gasteiger partial charge in [-0.25, -0.2) is 13.8 Å². The van der Waals surface area contributed by atoms with Crippen LogP contribution in [0.1, 0.15) is 19.4 Å². The zero-order valence-electron chi connectivity index (χ0n) is 11.4. The first-order valence-corrected chi connectivity index (χ1v) is 7.18. The lowest BCUT2D eigenvalue weighted by Crippen LogP contribution is -2.22. The van der Waals surface area contributed by atoms with Gasteiger partial charge in [-0.2, -0.15) is 0 Å². The molecule has 0 aliphatic heterocycles. The second kappa shape index (κ2) is 6.81. The zero-order valence-corrected chi connectivity index (χ0v) is 12.2. The molecule has 0 aliphatic rings. The van der Waals surface area contributed by atoms with Gasteiger partial charge >= 0.3 is 0 Å².